The monoisotopic (exact) mass is 320 g/mol. The van der Waals surface area contributed by atoms with Gasteiger partial charge in [0.05, 0.1) is 11.9 Å². The van der Waals surface area contributed by atoms with E-state index < -0.39 is 0 Å². The molecule has 0 aliphatic heterocycles. The average Bonchev–Trinajstić information content (AvgIpc) is 2.60. The molecule has 0 aliphatic carbocycles. The van der Waals surface area contributed by atoms with E-state index in [1.165, 1.54) is 13.3 Å². The highest BCUT2D eigenvalue weighted by Crippen LogP contribution is 2.28. The Kier molecular flexibility index (Phi) is 4.33. The maximum atomic E-state index is 11.5. The quantitative estimate of drug-likeness (QED) is 0.620. The minimum absolute atomic E-state index is 0.00626. The Hall–Kier alpha value is -3.48. The van der Waals surface area contributed by atoms with Gasteiger partial charge in [-0.2, -0.15) is 0 Å². The Morgan fingerprint density at radius 3 is 2.42 bits per heavy atom. The Balaban J connectivity index is 1.85. The van der Waals surface area contributed by atoms with Crippen molar-refractivity contribution in [2.24, 2.45) is 0 Å². The number of rotatable bonds is 5. The van der Waals surface area contributed by atoms with E-state index in [1.54, 1.807) is 30.6 Å². The van der Waals surface area contributed by atoms with Crippen molar-refractivity contribution in [2.45, 2.75) is 6.92 Å². The van der Waals surface area contributed by atoms with Crippen LogP contribution in [0.1, 0.15) is 17.3 Å². The number of pyridine rings is 1. The molecule has 2 heterocycles. The van der Waals surface area contributed by atoms with Gasteiger partial charge in [-0.05, 0) is 31.2 Å². The average molecular weight is 320 g/mol. The molecule has 0 aliphatic rings. The summed E-state index contributed by atoms with van der Waals surface area (Å²) in [7, 11) is 0. The number of benzene rings is 1. The fraction of sp³-hybridized carbons (Fsp3) is 0.0588. The van der Waals surface area contributed by atoms with Gasteiger partial charge in [-0.25, -0.2) is 9.97 Å². The Bertz CT molecular complexity index is 866. The number of nitrogens with zero attached hydrogens (tertiary/aromatic N) is 3. The van der Waals surface area contributed by atoms with Crippen molar-refractivity contribution in [1.82, 2.24) is 15.0 Å². The Labute approximate surface area is 139 Å². The molecular weight excluding hydrogens is 304 g/mol. The SMILES string of the molecule is CC(=O)c1cccc(Nc2ncnc(Nc3cccnc3)c2N)c1. The molecule has 7 nitrogen and oxygen atoms in total. The summed E-state index contributed by atoms with van der Waals surface area (Å²) in [5.74, 6) is 0.925. The number of anilines is 5. The van der Waals surface area contributed by atoms with Crippen LogP contribution in [0.5, 0.6) is 0 Å². The molecule has 4 N–H and O–H groups in total. The third kappa shape index (κ3) is 3.46. The van der Waals surface area contributed by atoms with E-state index in [0.717, 1.165) is 11.4 Å². The van der Waals surface area contributed by atoms with Gasteiger partial charge in [0.2, 0.25) is 0 Å². The first-order valence-corrected chi connectivity index (χ1v) is 7.29. The summed E-state index contributed by atoms with van der Waals surface area (Å²) in [5.41, 5.74) is 8.62. The van der Waals surface area contributed by atoms with Gasteiger partial charge in [-0.3, -0.25) is 9.78 Å². The standard InChI is InChI=1S/C17H16N6O/c1-11(24)12-4-2-5-13(8-12)22-16-15(18)17(21-10-20-16)23-14-6-3-7-19-9-14/h2-10H,18H2,1H3,(H2,20,21,22,23). The van der Waals surface area contributed by atoms with Gasteiger partial charge in [0, 0.05) is 17.4 Å². The molecule has 3 aromatic rings. The molecule has 2 aromatic heterocycles. The first-order chi connectivity index (χ1) is 11.6. The maximum absolute atomic E-state index is 11.5. The van der Waals surface area contributed by atoms with E-state index >= 15 is 0 Å². The topological polar surface area (TPSA) is 106 Å². The number of aromatic nitrogens is 3. The second-order valence-corrected chi connectivity index (χ2v) is 5.11. The van der Waals surface area contributed by atoms with Crippen molar-refractivity contribution >= 4 is 34.5 Å². The summed E-state index contributed by atoms with van der Waals surface area (Å²) in [4.78, 5) is 23.8. The van der Waals surface area contributed by atoms with Gasteiger partial charge >= 0.3 is 0 Å². The molecule has 0 amide bonds. The number of Topliss-reactive ketones (excluding diaryl/α,β-unsaturated/α-hetero) is 1. The van der Waals surface area contributed by atoms with Crippen LogP contribution >= 0.6 is 0 Å². The molecule has 3 rings (SSSR count). The molecule has 0 saturated carbocycles. The van der Waals surface area contributed by atoms with Crippen LogP contribution in [0.3, 0.4) is 0 Å². The number of hydrogen-bond acceptors (Lipinski definition) is 7. The van der Waals surface area contributed by atoms with Crippen LogP contribution in [-0.4, -0.2) is 20.7 Å². The van der Waals surface area contributed by atoms with Crippen LogP contribution in [0, 0.1) is 0 Å². The lowest BCUT2D eigenvalue weighted by molar-refractivity contribution is 0.101. The first-order valence-electron chi connectivity index (χ1n) is 7.29. The number of nitrogens with two attached hydrogens (primary N) is 1. The normalized spacial score (nSPS) is 10.2. The molecular formula is C17H16N6O. The predicted molar refractivity (Wildman–Crippen MR) is 93.7 cm³/mol. The summed E-state index contributed by atoms with van der Waals surface area (Å²) in [6.45, 7) is 1.52. The van der Waals surface area contributed by atoms with Crippen LogP contribution in [-0.2, 0) is 0 Å². The first kappa shape index (κ1) is 15.4. The fourth-order valence-corrected chi connectivity index (χ4v) is 2.12. The number of ketones is 1. The van der Waals surface area contributed by atoms with Crippen molar-refractivity contribution in [3.63, 3.8) is 0 Å². The van der Waals surface area contributed by atoms with Crippen LogP contribution in [0.4, 0.5) is 28.7 Å². The molecule has 7 heteroatoms. The second-order valence-electron chi connectivity index (χ2n) is 5.11. The van der Waals surface area contributed by atoms with Crippen LogP contribution in [0.15, 0.2) is 55.1 Å². The molecule has 1 aromatic carbocycles. The maximum Gasteiger partial charge on any atom is 0.159 e. The summed E-state index contributed by atoms with van der Waals surface area (Å²) < 4.78 is 0. The van der Waals surface area contributed by atoms with Crippen molar-refractivity contribution in [3.8, 4) is 0 Å². The lowest BCUT2D eigenvalue weighted by Gasteiger charge is -2.12. The third-order valence-electron chi connectivity index (χ3n) is 3.34. The van der Waals surface area contributed by atoms with E-state index in [-0.39, 0.29) is 5.78 Å². The van der Waals surface area contributed by atoms with Crippen molar-refractivity contribution < 1.29 is 4.79 Å². The lowest BCUT2D eigenvalue weighted by Crippen LogP contribution is -2.05. The molecule has 0 unspecified atom stereocenters. The molecule has 0 saturated heterocycles. The minimum atomic E-state index is -0.00626. The third-order valence-corrected chi connectivity index (χ3v) is 3.34. The highest BCUT2D eigenvalue weighted by atomic mass is 16.1. The van der Waals surface area contributed by atoms with E-state index in [1.807, 2.05) is 18.2 Å². The lowest BCUT2D eigenvalue weighted by atomic mass is 10.1. The van der Waals surface area contributed by atoms with Gasteiger partial charge in [-0.1, -0.05) is 12.1 Å². The molecule has 0 spiro atoms. The van der Waals surface area contributed by atoms with Crippen LogP contribution < -0.4 is 16.4 Å². The van der Waals surface area contributed by atoms with Gasteiger partial charge in [0.25, 0.3) is 0 Å². The van der Waals surface area contributed by atoms with Gasteiger partial charge in [0.1, 0.15) is 12.0 Å². The van der Waals surface area contributed by atoms with Crippen molar-refractivity contribution in [2.75, 3.05) is 16.4 Å². The number of hydrogen-bond donors (Lipinski definition) is 3. The van der Waals surface area contributed by atoms with Gasteiger partial charge < -0.3 is 16.4 Å². The summed E-state index contributed by atoms with van der Waals surface area (Å²) >= 11 is 0. The van der Waals surface area contributed by atoms with E-state index in [9.17, 15) is 4.79 Å². The molecule has 0 bridgehead atoms. The molecule has 0 atom stereocenters. The zero-order valence-electron chi connectivity index (χ0n) is 13.0. The van der Waals surface area contributed by atoms with Gasteiger partial charge in [0.15, 0.2) is 17.4 Å². The molecule has 120 valence electrons. The van der Waals surface area contributed by atoms with Crippen molar-refractivity contribution in [1.29, 1.82) is 0 Å². The van der Waals surface area contributed by atoms with Gasteiger partial charge in [-0.15, -0.1) is 0 Å². The molecule has 0 fully saturated rings. The van der Waals surface area contributed by atoms with E-state index in [4.69, 9.17) is 5.73 Å². The smallest absolute Gasteiger partial charge is 0.159 e. The number of carbonyl (C=O) groups excluding carboxylic acids is 1. The van der Waals surface area contributed by atoms with Crippen LogP contribution in [0.25, 0.3) is 0 Å². The van der Waals surface area contributed by atoms with Crippen molar-refractivity contribution in [3.05, 3.63) is 60.7 Å². The van der Waals surface area contributed by atoms with E-state index in [0.29, 0.717) is 22.9 Å². The zero-order valence-corrected chi connectivity index (χ0v) is 13.0. The zero-order chi connectivity index (χ0) is 16.9. The largest absolute Gasteiger partial charge is 0.393 e. The van der Waals surface area contributed by atoms with E-state index in [2.05, 4.69) is 25.6 Å². The van der Waals surface area contributed by atoms with Crippen LogP contribution in [0.2, 0.25) is 0 Å². The molecule has 24 heavy (non-hydrogen) atoms. The Morgan fingerprint density at radius 2 is 1.75 bits per heavy atom. The summed E-state index contributed by atoms with van der Waals surface area (Å²) in [5, 5.41) is 6.20. The summed E-state index contributed by atoms with van der Waals surface area (Å²) in [6.07, 6.45) is 4.76. The Morgan fingerprint density at radius 1 is 1.04 bits per heavy atom. The fourth-order valence-electron chi connectivity index (χ4n) is 2.12. The molecule has 0 radical (unpaired) electrons. The highest BCUT2D eigenvalue weighted by Gasteiger charge is 2.09. The summed E-state index contributed by atoms with van der Waals surface area (Å²) in [6, 6.07) is 10.8. The number of carbonyl (C=O) groups is 1. The second kappa shape index (κ2) is 6.74. The minimum Gasteiger partial charge on any atom is -0.393 e. The predicted octanol–water partition coefficient (Wildman–Crippen LogP) is 3.14. The highest BCUT2D eigenvalue weighted by molar-refractivity contribution is 5.95. The number of nitrogen functional groups attached to an aromatic ring is 1. The number of nitrogens with one attached hydrogen (secondary N) is 2.